The quantitative estimate of drug-likeness (QED) is 0.906. The average molecular weight is 285 g/mol. The molecule has 5 nitrogen and oxygen atoms in total. The molecule has 0 radical (unpaired) electrons. The van der Waals surface area contributed by atoms with E-state index >= 15 is 0 Å². The van der Waals surface area contributed by atoms with Crippen LogP contribution in [-0.4, -0.2) is 17.1 Å². The van der Waals surface area contributed by atoms with Gasteiger partial charge in [-0.1, -0.05) is 23.2 Å². The number of rotatable bonds is 3. The van der Waals surface area contributed by atoms with Gasteiger partial charge in [0.25, 0.3) is 0 Å². The highest BCUT2D eigenvalue weighted by atomic mass is 35.5. The second-order valence-corrected chi connectivity index (χ2v) is 4.21. The van der Waals surface area contributed by atoms with Crippen molar-refractivity contribution in [2.45, 2.75) is 0 Å². The fourth-order valence-corrected chi connectivity index (χ4v) is 1.75. The van der Waals surface area contributed by atoms with E-state index in [4.69, 9.17) is 33.7 Å². The maximum Gasteiger partial charge on any atom is 0.222 e. The summed E-state index contributed by atoms with van der Waals surface area (Å²) in [5.41, 5.74) is 6.21. The van der Waals surface area contributed by atoms with Crippen LogP contribution in [0.5, 0.6) is 5.75 Å². The van der Waals surface area contributed by atoms with Gasteiger partial charge in [-0.15, -0.1) is 0 Å². The van der Waals surface area contributed by atoms with Crippen LogP contribution < -0.4 is 15.8 Å². The number of benzene rings is 1. The van der Waals surface area contributed by atoms with Gasteiger partial charge in [-0.2, -0.15) is 4.98 Å². The molecule has 0 bridgehead atoms. The summed E-state index contributed by atoms with van der Waals surface area (Å²) in [5, 5.41) is 3.86. The van der Waals surface area contributed by atoms with Crippen LogP contribution in [0.25, 0.3) is 0 Å². The third-order valence-corrected chi connectivity index (χ3v) is 2.75. The molecule has 0 amide bonds. The van der Waals surface area contributed by atoms with Gasteiger partial charge in [-0.05, 0) is 18.2 Å². The first-order valence-corrected chi connectivity index (χ1v) is 5.74. The summed E-state index contributed by atoms with van der Waals surface area (Å²) in [7, 11) is 1.55. The van der Waals surface area contributed by atoms with Crippen LogP contribution >= 0.6 is 23.2 Å². The summed E-state index contributed by atoms with van der Waals surface area (Å²) >= 11 is 12.0. The smallest absolute Gasteiger partial charge is 0.222 e. The lowest BCUT2D eigenvalue weighted by molar-refractivity contribution is 0.415. The highest BCUT2D eigenvalue weighted by Gasteiger charge is 2.06. The molecule has 2 aromatic rings. The minimum atomic E-state index is 0.140. The Morgan fingerprint density at radius 1 is 1.28 bits per heavy atom. The lowest BCUT2D eigenvalue weighted by Crippen LogP contribution is -2.00. The molecule has 0 unspecified atom stereocenters. The first-order chi connectivity index (χ1) is 8.60. The topological polar surface area (TPSA) is 73.1 Å². The van der Waals surface area contributed by atoms with Crippen molar-refractivity contribution in [2.75, 3.05) is 18.2 Å². The molecule has 0 fully saturated rings. The van der Waals surface area contributed by atoms with Crippen LogP contribution in [0.15, 0.2) is 24.4 Å². The maximum atomic E-state index is 6.01. The lowest BCUT2D eigenvalue weighted by Gasteiger charge is -2.09. The second kappa shape index (κ2) is 5.29. The molecule has 0 aliphatic heterocycles. The number of nitrogen functional groups attached to an aromatic ring is 1. The van der Waals surface area contributed by atoms with E-state index in [1.54, 1.807) is 25.3 Å². The Morgan fingerprint density at radius 3 is 2.72 bits per heavy atom. The number of halogens is 2. The number of nitrogens with one attached hydrogen (secondary N) is 1. The number of ether oxygens (including phenoxy) is 1. The first kappa shape index (κ1) is 12.7. The van der Waals surface area contributed by atoms with Crippen LogP contribution in [0.3, 0.4) is 0 Å². The molecule has 2 rings (SSSR count). The molecule has 1 aromatic carbocycles. The van der Waals surface area contributed by atoms with Crippen LogP contribution in [0.4, 0.5) is 17.5 Å². The fourth-order valence-electron chi connectivity index (χ4n) is 1.35. The van der Waals surface area contributed by atoms with Crippen LogP contribution in [0.1, 0.15) is 0 Å². The normalized spacial score (nSPS) is 10.2. The minimum Gasteiger partial charge on any atom is -0.495 e. The molecular weight excluding hydrogens is 275 g/mol. The van der Waals surface area contributed by atoms with Gasteiger partial charge in [0, 0.05) is 5.69 Å². The Labute approximate surface area is 114 Å². The minimum absolute atomic E-state index is 0.140. The molecule has 0 atom stereocenters. The van der Waals surface area contributed by atoms with E-state index in [0.29, 0.717) is 21.6 Å². The zero-order chi connectivity index (χ0) is 13.1. The zero-order valence-electron chi connectivity index (χ0n) is 9.45. The monoisotopic (exact) mass is 284 g/mol. The van der Waals surface area contributed by atoms with Gasteiger partial charge < -0.3 is 15.8 Å². The predicted molar refractivity (Wildman–Crippen MR) is 72.7 cm³/mol. The molecule has 1 aromatic heterocycles. The molecule has 94 valence electrons. The highest BCUT2D eigenvalue weighted by molar-refractivity contribution is 6.33. The summed E-state index contributed by atoms with van der Waals surface area (Å²) in [6.45, 7) is 0. The number of hydrogen-bond acceptors (Lipinski definition) is 5. The average Bonchev–Trinajstić information content (AvgIpc) is 2.34. The number of methoxy groups -OCH3 is 1. The van der Waals surface area contributed by atoms with Crippen molar-refractivity contribution in [3.63, 3.8) is 0 Å². The molecule has 3 N–H and O–H groups in total. The molecule has 0 saturated carbocycles. The van der Waals surface area contributed by atoms with Crippen molar-refractivity contribution in [1.82, 2.24) is 9.97 Å². The van der Waals surface area contributed by atoms with Crippen molar-refractivity contribution < 1.29 is 4.74 Å². The zero-order valence-corrected chi connectivity index (χ0v) is 11.0. The first-order valence-electron chi connectivity index (χ1n) is 4.98. The van der Waals surface area contributed by atoms with Gasteiger partial charge in [0.1, 0.15) is 10.8 Å². The molecule has 18 heavy (non-hydrogen) atoms. The van der Waals surface area contributed by atoms with Crippen molar-refractivity contribution in [3.8, 4) is 5.75 Å². The lowest BCUT2D eigenvalue weighted by atomic mass is 10.3. The van der Waals surface area contributed by atoms with Crippen molar-refractivity contribution >= 4 is 40.7 Å². The predicted octanol–water partition coefficient (Wildman–Crippen LogP) is 3.12. The second-order valence-electron chi connectivity index (χ2n) is 3.40. The van der Waals surface area contributed by atoms with Crippen molar-refractivity contribution in [1.29, 1.82) is 0 Å². The Hall–Kier alpha value is -1.72. The molecule has 7 heteroatoms. The van der Waals surface area contributed by atoms with Gasteiger partial charge in [0.05, 0.1) is 18.3 Å². The third-order valence-electron chi connectivity index (χ3n) is 2.18. The van der Waals surface area contributed by atoms with E-state index in [-0.39, 0.29) is 5.95 Å². The van der Waals surface area contributed by atoms with Crippen molar-refractivity contribution in [2.24, 2.45) is 0 Å². The fraction of sp³-hybridized carbons (Fsp3) is 0.0909. The Morgan fingerprint density at radius 2 is 2.06 bits per heavy atom. The van der Waals surface area contributed by atoms with Crippen molar-refractivity contribution in [3.05, 3.63) is 34.4 Å². The third kappa shape index (κ3) is 2.75. The molecule has 1 heterocycles. The highest BCUT2D eigenvalue weighted by Crippen LogP contribution is 2.30. The molecule has 0 spiro atoms. The van der Waals surface area contributed by atoms with Gasteiger partial charge in [0.15, 0.2) is 5.82 Å². The summed E-state index contributed by atoms with van der Waals surface area (Å²) < 4.78 is 5.06. The number of hydrogen-bond donors (Lipinski definition) is 2. The molecular formula is C11H10Cl2N4O. The maximum absolute atomic E-state index is 6.01. The Balaban J connectivity index is 2.28. The Kier molecular flexibility index (Phi) is 3.74. The summed E-state index contributed by atoms with van der Waals surface area (Å²) in [5.74, 6) is 1.16. The molecule has 0 aliphatic carbocycles. The number of anilines is 3. The molecule has 0 aliphatic rings. The van der Waals surface area contributed by atoms with Crippen LogP contribution in [0.2, 0.25) is 10.0 Å². The van der Waals surface area contributed by atoms with Crippen LogP contribution in [-0.2, 0) is 0 Å². The van der Waals surface area contributed by atoms with E-state index in [0.717, 1.165) is 5.69 Å². The summed E-state index contributed by atoms with van der Waals surface area (Å²) in [4.78, 5) is 7.76. The van der Waals surface area contributed by atoms with E-state index in [1.807, 2.05) is 0 Å². The van der Waals surface area contributed by atoms with E-state index in [1.165, 1.54) is 6.20 Å². The number of aromatic nitrogens is 2. The number of nitrogens with two attached hydrogens (primary N) is 1. The van der Waals surface area contributed by atoms with E-state index < -0.39 is 0 Å². The van der Waals surface area contributed by atoms with Gasteiger partial charge >= 0.3 is 0 Å². The molecule has 0 saturated heterocycles. The largest absolute Gasteiger partial charge is 0.495 e. The van der Waals surface area contributed by atoms with Gasteiger partial charge in [-0.25, -0.2) is 4.98 Å². The Bertz CT molecular complexity index is 577. The SMILES string of the molecule is COc1ccc(Nc2nc(N)ncc2Cl)cc1Cl. The van der Waals surface area contributed by atoms with Crippen LogP contribution in [0, 0.1) is 0 Å². The van der Waals surface area contributed by atoms with E-state index in [9.17, 15) is 0 Å². The van der Waals surface area contributed by atoms with E-state index in [2.05, 4.69) is 15.3 Å². The van der Waals surface area contributed by atoms with Gasteiger partial charge in [0.2, 0.25) is 5.95 Å². The number of nitrogens with zero attached hydrogens (tertiary/aromatic N) is 2. The standard InChI is InChI=1S/C11H10Cl2N4O/c1-18-9-3-2-6(4-7(9)12)16-10-8(13)5-15-11(14)17-10/h2-5H,1H3,(H3,14,15,16,17). The summed E-state index contributed by atoms with van der Waals surface area (Å²) in [6.07, 6.45) is 1.43. The van der Waals surface area contributed by atoms with Gasteiger partial charge in [-0.3, -0.25) is 0 Å². The summed E-state index contributed by atoms with van der Waals surface area (Å²) in [6, 6.07) is 5.23.